The number of aromatic nitrogens is 7. The van der Waals surface area contributed by atoms with E-state index in [1.807, 2.05) is 50.7 Å². The van der Waals surface area contributed by atoms with Gasteiger partial charge in [0.1, 0.15) is 17.5 Å². The fourth-order valence-corrected chi connectivity index (χ4v) is 4.38. The van der Waals surface area contributed by atoms with Gasteiger partial charge in [-0.1, -0.05) is 6.07 Å². The second kappa shape index (κ2) is 10.0. The van der Waals surface area contributed by atoms with Crippen LogP contribution in [0.15, 0.2) is 30.3 Å². The zero-order chi connectivity index (χ0) is 27.0. The lowest BCUT2D eigenvalue weighted by Crippen LogP contribution is -2.31. The van der Waals surface area contributed by atoms with Gasteiger partial charge in [0.05, 0.1) is 35.4 Å². The number of carbonyl (C=O) groups is 1. The molecule has 0 fully saturated rings. The van der Waals surface area contributed by atoms with Crippen LogP contribution in [0.25, 0.3) is 5.69 Å². The predicted molar refractivity (Wildman–Crippen MR) is 142 cm³/mol. The maximum absolute atomic E-state index is 12.9. The second-order valence-corrected chi connectivity index (χ2v) is 8.94. The van der Waals surface area contributed by atoms with Crippen LogP contribution in [-0.2, 0) is 4.84 Å². The SMILES string of the molecule is CCONC(=O)c1nnc(Nc2cc(C)nc(C)n2)cc1Nc1cccc2c1N(C)C(C)c1nc(C)nn1-2. The molecule has 0 aliphatic carbocycles. The predicted octanol–water partition coefficient (Wildman–Crippen LogP) is 3.45. The molecule has 1 atom stereocenters. The molecule has 1 amide bonds. The van der Waals surface area contributed by atoms with Gasteiger partial charge in [0.2, 0.25) is 0 Å². The third kappa shape index (κ3) is 4.70. The van der Waals surface area contributed by atoms with E-state index in [4.69, 9.17) is 4.84 Å². The highest BCUT2D eigenvalue weighted by Crippen LogP contribution is 2.42. The zero-order valence-corrected chi connectivity index (χ0v) is 22.1. The smallest absolute Gasteiger partial charge is 0.297 e. The number of hydrogen-bond donors (Lipinski definition) is 3. The summed E-state index contributed by atoms with van der Waals surface area (Å²) in [6.45, 7) is 9.73. The van der Waals surface area contributed by atoms with Gasteiger partial charge in [-0.05, 0) is 46.8 Å². The van der Waals surface area contributed by atoms with Gasteiger partial charge >= 0.3 is 0 Å². The van der Waals surface area contributed by atoms with Gasteiger partial charge in [-0.3, -0.25) is 9.63 Å². The van der Waals surface area contributed by atoms with Crippen molar-refractivity contribution in [1.82, 2.24) is 40.4 Å². The minimum Gasteiger partial charge on any atom is -0.361 e. The number of nitrogens with zero attached hydrogens (tertiary/aromatic N) is 8. The van der Waals surface area contributed by atoms with E-state index >= 15 is 0 Å². The summed E-state index contributed by atoms with van der Waals surface area (Å²) in [4.78, 5) is 33.5. The summed E-state index contributed by atoms with van der Waals surface area (Å²) in [6, 6.07) is 9.33. The van der Waals surface area contributed by atoms with Crippen molar-refractivity contribution >= 4 is 34.6 Å². The van der Waals surface area contributed by atoms with Crippen LogP contribution in [0.5, 0.6) is 0 Å². The molecule has 4 aromatic rings. The van der Waals surface area contributed by atoms with Crippen LogP contribution in [0, 0.1) is 20.8 Å². The Morgan fingerprint density at radius 1 is 1.00 bits per heavy atom. The average Bonchev–Trinajstić information content (AvgIpc) is 3.27. The second-order valence-electron chi connectivity index (χ2n) is 8.94. The minimum absolute atomic E-state index is 0.0237. The Hall–Kier alpha value is -4.65. The summed E-state index contributed by atoms with van der Waals surface area (Å²) >= 11 is 0. The first kappa shape index (κ1) is 25.0. The number of fused-ring (bicyclic) bond motifs is 3. The van der Waals surface area contributed by atoms with Crippen LogP contribution in [0.1, 0.15) is 53.5 Å². The number of amides is 1. The first-order valence-corrected chi connectivity index (χ1v) is 12.2. The van der Waals surface area contributed by atoms with Gasteiger partial charge in [0.25, 0.3) is 5.91 Å². The molecule has 1 unspecified atom stereocenters. The number of nitrogens with one attached hydrogen (secondary N) is 3. The van der Waals surface area contributed by atoms with Crippen molar-refractivity contribution in [3.63, 3.8) is 0 Å². The van der Waals surface area contributed by atoms with Crippen LogP contribution in [0.2, 0.25) is 0 Å². The average molecular weight is 516 g/mol. The summed E-state index contributed by atoms with van der Waals surface area (Å²) in [7, 11) is 2.00. The quantitative estimate of drug-likeness (QED) is 0.311. The van der Waals surface area contributed by atoms with E-state index in [0.717, 1.165) is 28.6 Å². The molecule has 1 aliphatic rings. The van der Waals surface area contributed by atoms with E-state index in [1.165, 1.54) is 0 Å². The summed E-state index contributed by atoms with van der Waals surface area (Å²) in [5.41, 5.74) is 6.25. The maximum Gasteiger partial charge on any atom is 0.297 e. The lowest BCUT2D eigenvalue weighted by molar-refractivity contribution is 0.0360. The molecule has 1 aliphatic heterocycles. The molecule has 0 radical (unpaired) electrons. The maximum atomic E-state index is 12.9. The molecule has 3 N–H and O–H groups in total. The van der Waals surface area contributed by atoms with Gasteiger partial charge in [-0.15, -0.1) is 10.2 Å². The van der Waals surface area contributed by atoms with Crippen molar-refractivity contribution < 1.29 is 9.63 Å². The Morgan fingerprint density at radius 3 is 2.58 bits per heavy atom. The molecule has 0 saturated carbocycles. The van der Waals surface area contributed by atoms with Crippen molar-refractivity contribution in [2.45, 2.75) is 40.7 Å². The molecule has 13 heteroatoms. The van der Waals surface area contributed by atoms with Crippen molar-refractivity contribution in [1.29, 1.82) is 0 Å². The summed E-state index contributed by atoms with van der Waals surface area (Å²) in [6.07, 6.45) is 0. The molecule has 196 valence electrons. The highest BCUT2D eigenvalue weighted by Gasteiger charge is 2.31. The van der Waals surface area contributed by atoms with Crippen molar-refractivity contribution in [3.8, 4) is 5.69 Å². The first-order valence-electron chi connectivity index (χ1n) is 12.2. The fourth-order valence-electron chi connectivity index (χ4n) is 4.38. The number of aryl methyl sites for hydroxylation is 3. The van der Waals surface area contributed by atoms with E-state index in [0.29, 0.717) is 35.6 Å². The number of carbonyl (C=O) groups excluding carboxylic acids is 1. The summed E-state index contributed by atoms with van der Waals surface area (Å²) in [5, 5.41) is 19.6. The Balaban J connectivity index is 1.57. The monoisotopic (exact) mass is 515 g/mol. The third-order valence-corrected chi connectivity index (χ3v) is 6.10. The lowest BCUT2D eigenvalue weighted by Gasteiger charge is -2.34. The molecule has 0 spiro atoms. The largest absolute Gasteiger partial charge is 0.361 e. The Morgan fingerprint density at radius 2 is 1.82 bits per heavy atom. The summed E-state index contributed by atoms with van der Waals surface area (Å²) < 4.78 is 1.86. The topological polar surface area (TPSA) is 148 Å². The number of hydrogen-bond acceptors (Lipinski definition) is 11. The molecule has 38 heavy (non-hydrogen) atoms. The molecule has 5 rings (SSSR count). The van der Waals surface area contributed by atoms with Crippen molar-refractivity contribution in [3.05, 3.63) is 59.2 Å². The van der Waals surface area contributed by atoms with E-state index in [2.05, 4.69) is 58.2 Å². The Kier molecular flexibility index (Phi) is 6.59. The number of anilines is 5. The summed E-state index contributed by atoms with van der Waals surface area (Å²) in [5.74, 6) is 2.63. The standard InChI is InChI=1S/C25H29N11O2/c1-7-38-34-25(37)22-18(12-21(31-32-22)30-20-11-13(2)26-15(4)27-20)29-17-9-8-10-19-23(17)35(6)14(3)24-28-16(5)33-36(19)24/h8-12,14H,7H2,1-6H3,(H,34,37)(H2,26,27,29,30,31). The van der Waals surface area contributed by atoms with Crippen molar-refractivity contribution in [2.24, 2.45) is 0 Å². The first-order chi connectivity index (χ1) is 18.2. The van der Waals surface area contributed by atoms with Gasteiger partial charge in [0.15, 0.2) is 17.3 Å². The fraction of sp³-hybridized carbons (Fsp3) is 0.320. The van der Waals surface area contributed by atoms with Gasteiger partial charge < -0.3 is 15.5 Å². The van der Waals surface area contributed by atoms with E-state index in [1.54, 1.807) is 19.1 Å². The zero-order valence-electron chi connectivity index (χ0n) is 22.1. The molecule has 13 nitrogen and oxygen atoms in total. The third-order valence-electron chi connectivity index (χ3n) is 6.10. The molecule has 0 bridgehead atoms. The van der Waals surface area contributed by atoms with Gasteiger partial charge in [0, 0.05) is 24.9 Å². The Labute approximate surface area is 219 Å². The number of rotatable bonds is 7. The number of para-hydroxylation sites is 1. The van der Waals surface area contributed by atoms with Gasteiger partial charge in [-0.25, -0.2) is 25.1 Å². The molecular weight excluding hydrogens is 486 g/mol. The van der Waals surface area contributed by atoms with E-state index in [9.17, 15) is 4.79 Å². The molecule has 1 aromatic carbocycles. The minimum atomic E-state index is -0.525. The molecule has 0 saturated heterocycles. The van der Waals surface area contributed by atoms with Crippen LogP contribution >= 0.6 is 0 Å². The van der Waals surface area contributed by atoms with Crippen LogP contribution in [0.4, 0.5) is 28.7 Å². The number of hydroxylamine groups is 1. The van der Waals surface area contributed by atoms with Crippen molar-refractivity contribution in [2.75, 3.05) is 29.2 Å². The number of benzene rings is 1. The highest BCUT2D eigenvalue weighted by atomic mass is 16.6. The van der Waals surface area contributed by atoms with E-state index < -0.39 is 5.91 Å². The van der Waals surface area contributed by atoms with Crippen LogP contribution in [-0.4, -0.2) is 54.5 Å². The van der Waals surface area contributed by atoms with E-state index in [-0.39, 0.29) is 11.7 Å². The molecular formula is C25H29N11O2. The lowest BCUT2D eigenvalue weighted by atomic mass is 10.1. The van der Waals surface area contributed by atoms with Crippen LogP contribution in [0.3, 0.4) is 0 Å². The van der Waals surface area contributed by atoms with Crippen LogP contribution < -0.4 is 21.0 Å². The molecule has 3 aromatic heterocycles. The Bertz CT molecular complexity index is 1500. The normalized spacial score (nSPS) is 14.1. The van der Waals surface area contributed by atoms with Gasteiger partial charge in [-0.2, -0.15) is 5.10 Å². The molecule has 4 heterocycles. The highest BCUT2D eigenvalue weighted by molar-refractivity contribution is 5.99.